The molecule has 0 radical (unpaired) electrons. The molecule has 54 heavy (non-hydrogen) atoms. The molecular formula is C43H63ClN8O2. The van der Waals surface area contributed by atoms with Crippen molar-refractivity contribution in [3.05, 3.63) is 64.0 Å². The van der Waals surface area contributed by atoms with E-state index in [9.17, 15) is 0 Å². The fourth-order valence-electron chi connectivity index (χ4n) is 8.87. The van der Waals surface area contributed by atoms with Gasteiger partial charge in [-0.15, -0.1) is 0 Å². The minimum absolute atomic E-state index is 0.605. The number of ether oxygens (including phenoxy) is 2. The SMILES string of the molecule is Cc1cc2c(cc(CCN3CCOCC3)n2C)c(C2=CCC(N3CCN(C(C)C)CC3)CC2)n1.Cc1cc2c(cc(CCN3CCOCC3)n2C)c(Cl)n1. The first kappa shape index (κ1) is 39.4. The summed E-state index contributed by atoms with van der Waals surface area (Å²) in [7, 11) is 4.33. The third-order valence-corrected chi connectivity index (χ3v) is 12.6. The maximum Gasteiger partial charge on any atom is 0.138 e. The third-order valence-electron chi connectivity index (χ3n) is 12.3. The number of hydrogen-bond acceptors (Lipinski definition) is 8. The lowest BCUT2D eigenvalue weighted by atomic mass is 9.90. The Morgan fingerprint density at radius 3 is 1.80 bits per heavy atom. The van der Waals surface area contributed by atoms with Crippen molar-refractivity contribution in [2.24, 2.45) is 14.1 Å². The number of fused-ring (bicyclic) bond motifs is 2. The number of aromatic nitrogens is 4. The van der Waals surface area contributed by atoms with Crippen LogP contribution in [0.3, 0.4) is 0 Å². The summed E-state index contributed by atoms with van der Waals surface area (Å²) in [4.78, 5) is 19.7. The normalized spacial score (nSPS) is 21.2. The van der Waals surface area contributed by atoms with Crippen molar-refractivity contribution in [1.82, 2.24) is 38.7 Å². The average molecular weight is 759 g/mol. The van der Waals surface area contributed by atoms with Crippen LogP contribution >= 0.6 is 11.6 Å². The van der Waals surface area contributed by atoms with Crippen LogP contribution < -0.4 is 0 Å². The van der Waals surface area contributed by atoms with Gasteiger partial charge in [-0.25, -0.2) is 4.98 Å². The number of morpholine rings is 2. The van der Waals surface area contributed by atoms with Crippen LogP contribution in [0.25, 0.3) is 27.4 Å². The third kappa shape index (κ3) is 9.23. The Hall–Kier alpha value is -2.83. The summed E-state index contributed by atoms with van der Waals surface area (Å²) in [5.41, 5.74) is 9.97. The van der Waals surface area contributed by atoms with Crippen LogP contribution in [0.4, 0.5) is 0 Å². The maximum absolute atomic E-state index is 6.25. The van der Waals surface area contributed by atoms with Gasteiger partial charge in [0.05, 0.1) is 43.2 Å². The first-order chi connectivity index (χ1) is 26.1. The highest BCUT2D eigenvalue weighted by Gasteiger charge is 2.27. The summed E-state index contributed by atoms with van der Waals surface area (Å²) in [6, 6.07) is 10.3. The number of hydrogen-bond donors (Lipinski definition) is 0. The van der Waals surface area contributed by atoms with Crippen molar-refractivity contribution in [2.75, 3.05) is 91.9 Å². The van der Waals surface area contributed by atoms with Gasteiger partial charge in [-0.3, -0.25) is 24.6 Å². The molecule has 7 heterocycles. The number of nitrogens with zero attached hydrogens (tertiary/aromatic N) is 8. The summed E-state index contributed by atoms with van der Waals surface area (Å²) in [5, 5.41) is 2.99. The molecule has 1 atom stereocenters. The molecule has 0 aromatic carbocycles. The molecule has 8 rings (SSSR count). The zero-order chi connectivity index (χ0) is 37.8. The summed E-state index contributed by atoms with van der Waals surface area (Å²) < 4.78 is 15.5. The standard InChI is InChI=1S/C28H43N5O.C15H20ClN3O/c1-21(2)32-11-13-33(14-12-32)24-7-5-23(6-8-24)28-26-20-25(9-10-31-15-17-34-18-16-31)30(4)27(26)19-22(3)29-28;1-11-9-14-13(15(16)17-11)10-12(18(14)2)3-4-19-5-7-20-8-6-19/h5,19-21,24H,6-18H2,1-4H3;9-10H,3-8H2,1-2H3. The van der Waals surface area contributed by atoms with Gasteiger partial charge in [0.1, 0.15) is 5.15 Å². The number of aryl methyl sites for hydroxylation is 4. The number of allylic oxidation sites excluding steroid dienone is 1. The van der Waals surface area contributed by atoms with E-state index >= 15 is 0 Å². The predicted molar refractivity (Wildman–Crippen MR) is 222 cm³/mol. The number of piperazine rings is 1. The van der Waals surface area contributed by atoms with E-state index in [1.54, 1.807) is 0 Å². The minimum atomic E-state index is 0.605. The van der Waals surface area contributed by atoms with E-state index in [0.717, 1.165) is 108 Å². The summed E-state index contributed by atoms with van der Waals surface area (Å²) >= 11 is 6.25. The van der Waals surface area contributed by atoms with Crippen molar-refractivity contribution in [2.45, 2.75) is 71.9 Å². The Labute approximate surface area is 328 Å². The molecule has 294 valence electrons. The van der Waals surface area contributed by atoms with Gasteiger partial charge in [0, 0.05) is 138 Å². The number of pyridine rings is 2. The average Bonchev–Trinajstić information content (AvgIpc) is 3.68. The fourth-order valence-corrected chi connectivity index (χ4v) is 9.15. The van der Waals surface area contributed by atoms with Gasteiger partial charge >= 0.3 is 0 Å². The Balaban J connectivity index is 0.000000191. The Morgan fingerprint density at radius 2 is 1.26 bits per heavy atom. The molecule has 4 aromatic rings. The van der Waals surface area contributed by atoms with Gasteiger partial charge < -0.3 is 18.6 Å². The molecule has 1 unspecified atom stereocenters. The van der Waals surface area contributed by atoms with Crippen molar-refractivity contribution in [3.63, 3.8) is 0 Å². The second kappa shape index (κ2) is 18.0. The highest BCUT2D eigenvalue weighted by Crippen LogP contribution is 2.34. The smallest absolute Gasteiger partial charge is 0.138 e. The molecule has 0 spiro atoms. The maximum atomic E-state index is 6.25. The lowest BCUT2D eigenvalue weighted by molar-refractivity contribution is 0.0382. The van der Waals surface area contributed by atoms with Gasteiger partial charge in [-0.2, -0.15) is 0 Å². The molecule has 4 aliphatic rings. The van der Waals surface area contributed by atoms with Gasteiger partial charge in [0.25, 0.3) is 0 Å². The number of rotatable bonds is 9. The second-order valence-electron chi connectivity index (χ2n) is 16.2. The van der Waals surface area contributed by atoms with Gasteiger partial charge in [-0.1, -0.05) is 17.7 Å². The quantitative estimate of drug-likeness (QED) is 0.189. The molecule has 3 aliphatic heterocycles. The monoisotopic (exact) mass is 758 g/mol. The Kier molecular flexibility index (Phi) is 13.1. The van der Waals surface area contributed by atoms with E-state index in [-0.39, 0.29) is 0 Å². The molecule has 0 bridgehead atoms. The Morgan fingerprint density at radius 1 is 0.722 bits per heavy atom. The van der Waals surface area contributed by atoms with Gasteiger partial charge in [-0.05, 0) is 76.8 Å². The molecule has 0 amide bonds. The molecule has 1 aliphatic carbocycles. The number of halogens is 1. The molecule has 11 heteroatoms. The second-order valence-corrected chi connectivity index (χ2v) is 16.5. The minimum Gasteiger partial charge on any atom is -0.379 e. The van der Waals surface area contributed by atoms with E-state index < -0.39 is 0 Å². The predicted octanol–water partition coefficient (Wildman–Crippen LogP) is 6.13. The summed E-state index contributed by atoms with van der Waals surface area (Å²) in [5.74, 6) is 0. The first-order valence-corrected chi connectivity index (χ1v) is 20.9. The zero-order valence-electron chi connectivity index (χ0n) is 33.7. The molecular weight excluding hydrogens is 696 g/mol. The topological polar surface area (TPSA) is 67.1 Å². The molecule has 0 N–H and O–H groups in total. The van der Waals surface area contributed by atoms with Crippen LogP contribution in [-0.2, 0) is 36.4 Å². The van der Waals surface area contributed by atoms with Crippen LogP contribution in [0, 0.1) is 13.8 Å². The molecule has 10 nitrogen and oxygen atoms in total. The zero-order valence-corrected chi connectivity index (χ0v) is 34.5. The molecule has 0 saturated carbocycles. The van der Waals surface area contributed by atoms with Gasteiger partial charge in [0.15, 0.2) is 0 Å². The lowest BCUT2D eigenvalue weighted by Gasteiger charge is -2.41. The Bertz CT molecular complexity index is 1900. The van der Waals surface area contributed by atoms with E-state index in [1.807, 2.05) is 6.92 Å². The van der Waals surface area contributed by atoms with Crippen LogP contribution in [-0.4, -0.2) is 143 Å². The van der Waals surface area contributed by atoms with Crippen LogP contribution in [0.1, 0.15) is 61.6 Å². The van der Waals surface area contributed by atoms with E-state index in [1.165, 1.54) is 71.7 Å². The highest BCUT2D eigenvalue weighted by atomic mass is 35.5. The summed E-state index contributed by atoms with van der Waals surface area (Å²) in [6.45, 7) is 23.4. The fraction of sp³-hybridized carbons (Fsp3) is 0.628. The molecule has 3 fully saturated rings. The van der Waals surface area contributed by atoms with E-state index in [4.69, 9.17) is 26.1 Å². The van der Waals surface area contributed by atoms with Crippen molar-refractivity contribution < 1.29 is 9.47 Å². The van der Waals surface area contributed by atoms with Crippen LogP contribution in [0.5, 0.6) is 0 Å². The largest absolute Gasteiger partial charge is 0.379 e. The first-order valence-electron chi connectivity index (χ1n) is 20.5. The summed E-state index contributed by atoms with van der Waals surface area (Å²) in [6.07, 6.45) is 8.16. The highest BCUT2D eigenvalue weighted by molar-refractivity contribution is 6.34. The van der Waals surface area contributed by atoms with Crippen molar-refractivity contribution in [3.8, 4) is 0 Å². The van der Waals surface area contributed by atoms with Crippen LogP contribution in [0.2, 0.25) is 5.15 Å². The lowest BCUT2D eigenvalue weighted by Crippen LogP contribution is -2.52. The van der Waals surface area contributed by atoms with Crippen molar-refractivity contribution >= 4 is 39.0 Å². The molecule has 4 aromatic heterocycles. The van der Waals surface area contributed by atoms with E-state index in [2.05, 4.69) is 98.9 Å². The molecule has 3 saturated heterocycles. The van der Waals surface area contributed by atoms with Crippen LogP contribution in [0.15, 0.2) is 30.3 Å². The van der Waals surface area contributed by atoms with Crippen molar-refractivity contribution in [1.29, 1.82) is 0 Å². The van der Waals surface area contributed by atoms with E-state index in [0.29, 0.717) is 17.2 Å². The van der Waals surface area contributed by atoms with Gasteiger partial charge in [0.2, 0.25) is 0 Å².